The number of aliphatic hydroxyl groups is 3. The number of rotatable bonds is 12. The van der Waals surface area contributed by atoms with Crippen molar-refractivity contribution in [2.24, 2.45) is 56.2 Å². The summed E-state index contributed by atoms with van der Waals surface area (Å²) in [5.41, 5.74) is 1.86. The van der Waals surface area contributed by atoms with Gasteiger partial charge in [0.1, 0.15) is 6.10 Å². The number of halogens is 1. The minimum atomic E-state index is -1.59. The van der Waals surface area contributed by atoms with Gasteiger partial charge in [-0.1, -0.05) is 91.6 Å². The van der Waals surface area contributed by atoms with Gasteiger partial charge >= 0.3 is 5.97 Å². The van der Waals surface area contributed by atoms with E-state index in [1.54, 1.807) is 13.8 Å². The molecule has 1 aliphatic heterocycles. The first kappa shape index (κ1) is 44.3. The summed E-state index contributed by atoms with van der Waals surface area (Å²) in [4.78, 5) is 30.0. The van der Waals surface area contributed by atoms with Crippen LogP contribution in [0.1, 0.15) is 145 Å². The molecule has 0 amide bonds. The Morgan fingerprint density at radius 2 is 1.64 bits per heavy atom. The van der Waals surface area contributed by atoms with Gasteiger partial charge in [0.15, 0.2) is 12.1 Å². The highest BCUT2D eigenvalue weighted by Crippen LogP contribution is 2.77. The number of esters is 1. The lowest BCUT2D eigenvalue weighted by molar-refractivity contribution is -0.236. The first-order valence-corrected chi connectivity index (χ1v) is 23.2. The van der Waals surface area contributed by atoms with Crippen LogP contribution in [0.2, 0.25) is 5.02 Å². The molecule has 324 valence electrons. The zero-order chi connectivity index (χ0) is 42.2. The van der Waals surface area contributed by atoms with Gasteiger partial charge in [0.25, 0.3) is 0 Å². The van der Waals surface area contributed by atoms with E-state index in [0.29, 0.717) is 30.8 Å². The van der Waals surface area contributed by atoms with Crippen LogP contribution >= 0.6 is 11.6 Å². The van der Waals surface area contributed by atoms with Crippen molar-refractivity contribution >= 4 is 23.4 Å². The van der Waals surface area contributed by atoms with E-state index in [1.165, 1.54) is 17.6 Å². The number of carbonyl (C=O) groups excluding carboxylic acids is 2. The molecule has 10 atom stereocenters. The van der Waals surface area contributed by atoms with Gasteiger partial charge in [-0.15, -0.1) is 0 Å². The number of ketones is 1. The fourth-order valence-corrected chi connectivity index (χ4v) is 14.8. The molecule has 0 bridgehead atoms. The first-order valence-electron chi connectivity index (χ1n) is 22.8. The number of Topliss-reactive ketones (excluding diaryl/α,β-unsaturated/α-hetero) is 1. The minimum absolute atomic E-state index is 0.0197. The van der Waals surface area contributed by atoms with Gasteiger partial charge in [-0.2, -0.15) is 0 Å². The quantitative estimate of drug-likeness (QED) is 0.122. The molecule has 5 fully saturated rings. The maximum Gasteiger partial charge on any atom is 0.306 e. The summed E-state index contributed by atoms with van der Waals surface area (Å²) in [6.07, 6.45) is 8.14. The molecule has 58 heavy (non-hydrogen) atoms. The largest absolute Gasteiger partial charge is 0.462 e. The fourth-order valence-electron chi connectivity index (χ4n) is 14.6. The number of ether oxygens (including phenoxy) is 1. The van der Waals surface area contributed by atoms with Crippen molar-refractivity contribution in [3.05, 3.63) is 46.0 Å². The highest BCUT2D eigenvalue weighted by Gasteiger charge is 2.71. The summed E-state index contributed by atoms with van der Waals surface area (Å²) in [7, 11) is 0. The van der Waals surface area contributed by atoms with Crippen molar-refractivity contribution < 1.29 is 29.6 Å². The van der Waals surface area contributed by atoms with E-state index in [4.69, 9.17) is 16.3 Å². The molecule has 1 aromatic carbocycles. The molecule has 2 unspecified atom stereocenters. The maximum absolute atomic E-state index is 14.4. The Kier molecular flexibility index (Phi) is 12.1. The molecule has 5 aliphatic carbocycles. The lowest BCUT2D eigenvalue weighted by atomic mass is 9.33. The lowest BCUT2D eigenvalue weighted by Gasteiger charge is -2.72. The number of carbonyl (C=O) groups is 2. The van der Waals surface area contributed by atoms with Crippen LogP contribution in [-0.2, 0) is 20.9 Å². The molecule has 8 nitrogen and oxygen atoms in total. The molecule has 7 rings (SSSR count). The van der Waals surface area contributed by atoms with Gasteiger partial charge < -0.3 is 25.4 Å². The Balaban J connectivity index is 1.16. The Morgan fingerprint density at radius 3 is 2.28 bits per heavy atom. The normalized spacial score (nSPS) is 37.8. The molecule has 4 N–H and O–H groups in total. The predicted octanol–water partition coefficient (Wildman–Crippen LogP) is 8.87. The van der Waals surface area contributed by atoms with E-state index in [9.17, 15) is 24.9 Å². The molecule has 4 saturated carbocycles. The van der Waals surface area contributed by atoms with Crippen LogP contribution in [0.5, 0.6) is 0 Å². The third-order valence-electron chi connectivity index (χ3n) is 18.0. The number of nitrogens with zero attached hydrogens (tertiary/aromatic N) is 1. The van der Waals surface area contributed by atoms with Crippen LogP contribution in [0.3, 0.4) is 0 Å². The van der Waals surface area contributed by atoms with Crippen LogP contribution < -0.4 is 5.32 Å². The molecule has 0 aromatic heterocycles. The van der Waals surface area contributed by atoms with E-state index in [0.717, 1.165) is 88.0 Å². The van der Waals surface area contributed by atoms with Crippen molar-refractivity contribution in [2.45, 2.75) is 170 Å². The summed E-state index contributed by atoms with van der Waals surface area (Å²) >= 11 is 6.28. The Morgan fingerprint density at radius 1 is 0.931 bits per heavy atom. The van der Waals surface area contributed by atoms with Crippen LogP contribution in [0, 0.1) is 56.2 Å². The van der Waals surface area contributed by atoms with Gasteiger partial charge in [-0.25, -0.2) is 0 Å². The lowest BCUT2D eigenvalue weighted by Crippen LogP contribution is -2.66. The highest BCUT2D eigenvalue weighted by molar-refractivity contribution is 6.30. The average molecular weight is 824 g/mol. The standard InChI is InChI=1S/C49H75ClN2O6/c1-30(2)41-35(53)25-49(38(54)29-52(28-33-11-10-24-51-33)27-31-12-14-32(50)15-13-31)23-22-47(8)34(42(41)49)16-17-37-46(7)20-19-39(58-40(55)26-44(3,4)43(56)57)45(5,6)36(46)18-21-48(37,47)9/h12-15,30,33-34,36-39,43,51,54,56-57H,10-11,16-29H2,1-9H3/t33-,34-,36+,37-,38?,39+,46+,47-,48-,49?/m1/s1. The third-order valence-corrected chi connectivity index (χ3v) is 18.3. The van der Waals surface area contributed by atoms with Gasteiger partial charge in [0.2, 0.25) is 0 Å². The average Bonchev–Trinajstić information content (AvgIpc) is 3.76. The molecule has 6 aliphatic rings. The second kappa shape index (κ2) is 15.8. The molecule has 0 radical (unpaired) electrons. The van der Waals surface area contributed by atoms with E-state index in [1.807, 2.05) is 12.1 Å². The van der Waals surface area contributed by atoms with E-state index in [-0.39, 0.29) is 57.8 Å². The number of nitrogens with one attached hydrogen (secondary N) is 1. The van der Waals surface area contributed by atoms with Crippen LogP contribution in [0.15, 0.2) is 35.4 Å². The summed E-state index contributed by atoms with van der Waals surface area (Å²) in [6, 6.07) is 8.48. The summed E-state index contributed by atoms with van der Waals surface area (Å²) in [5, 5.41) is 36.9. The maximum atomic E-state index is 14.4. The number of hydrogen-bond donors (Lipinski definition) is 4. The molecular weight excluding hydrogens is 748 g/mol. The Hall–Kier alpha value is -1.81. The topological polar surface area (TPSA) is 119 Å². The van der Waals surface area contributed by atoms with Crippen LogP contribution in [-0.4, -0.2) is 76.1 Å². The van der Waals surface area contributed by atoms with Crippen LogP contribution in [0.25, 0.3) is 0 Å². The summed E-state index contributed by atoms with van der Waals surface area (Å²) < 4.78 is 6.25. The Labute approximate surface area is 354 Å². The van der Waals surface area contributed by atoms with Gasteiger partial charge in [0, 0.05) is 53.4 Å². The number of allylic oxidation sites excluding steroid dienone is 1. The van der Waals surface area contributed by atoms with Gasteiger partial charge in [-0.3, -0.25) is 14.5 Å². The SMILES string of the molecule is CC(C)C1=C2[C@H]3CC[C@@H]4[C@@]5(C)CC[C@H](OC(=O)CC(C)(C)C(O)O)C(C)(C)[C@@H]5CC[C@@]4(C)[C@]3(C)CCC2(C(O)CN(Cc2ccc(Cl)cc2)C[C@H]2CCCN2)CC1=O. The van der Waals surface area contributed by atoms with Crippen molar-refractivity contribution in [1.29, 1.82) is 0 Å². The summed E-state index contributed by atoms with van der Waals surface area (Å²) in [6.45, 7) is 23.2. The van der Waals surface area contributed by atoms with Gasteiger partial charge in [-0.05, 0) is 134 Å². The molecule has 1 saturated heterocycles. The van der Waals surface area contributed by atoms with E-state index < -0.39 is 23.2 Å². The third kappa shape index (κ3) is 7.37. The number of aliphatic hydroxyl groups excluding tert-OH is 2. The highest BCUT2D eigenvalue weighted by atomic mass is 35.5. The van der Waals surface area contributed by atoms with Crippen LogP contribution in [0.4, 0.5) is 0 Å². The van der Waals surface area contributed by atoms with Crippen molar-refractivity contribution in [1.82, 2.24) is 10.2 Å². The van der Waals surface area contributed by atoms with Crippen molar-refractivity contribution in [2.75, 3.05) is 19.6 Å². The molecule has 9 heteroatoms. The predicted molar refractivity (Wildman–Crippen MR) is 230 cm³/mol. The van der Waals surface area contributed by atoms with E-state index >= 15 is 0 Å². The summed E-state index contributed by atoms with van der Waals surface area (Å²) in [5.74, 6) is 1.12. The monoisotopic (exact) mass is 823 g/mol. The Bertz CT molecular complexity index is 1730. The number of fused-ring (bicyclic) bond motifs is 7. The number of benzene rings is 1. The minimum Gasteiger partial charge on any atom is -0.462 e. The molecule has 0 spiro atoms. The molecular formula is C49H75ClN2O6. The van der Waals surface area contributed by atoms with Crippen molar-refractivity contribution in [3.8, 4) is 0 Å². The smallest absolute Gasteiger partial charge is 0.306 e. The van der Waals surface area contributed by atoms with E-state index in [2.05, 4.69) is 70.8 Å². The van der Waals surface area contributed by atoms with Crippen molar-refractivity contribution in [3.63, 3.8) is 0 Å². The van der Waals surface area contributed by atoms with Gasteiger partial charge in [0.05, 0.1) is 12.5 Å². The second-order valence-electron chi connectivity index (χ2n) is 22.4. The fraction of sp³-hybridized carbons (Fsp3) is 0.796. The first-order chi connectivity index (χ1) is 27.1. The molecule has 1 aromatic rings. The number of hydrogen-bond acceptors (Lipinski definition) is 8. The second-order valence-corrected chi connectivity index (χ2v) is 22.8. The molecule has 1 heterocycles. The zero-order valence-electron chi connectivity index (χ0n) is 37.1. The zero-order valence-corrected chi connectivity index (χ0v) is 37.9.